The molecule has 0 N–H and O–H groups in total. The van der Waals surface area contributed by atoms with Crippen LogP contribution in [-0.2, 0) is 4.74 Å². The van der Waals surface area contributed by atoms with Crippen LogP contribution in [0.5, 0.6) is 0 Å². The highest BCUT2D eigenvalue weighted by Gasteiger charge is 2.23. The average molecular weight is 335 g/mol. The summed E-state index contributed by atoms with van der Waals surface area (Å²) in [6.07, 6.45) is 3.06. The first-order chi connectivity index (χ1) is 12.0. The zero-order valence-electron chi connectivity index (χ0n) is 14.7. The number of ether oxygens (including phenoxy) is 1. The fourth-order valence-corrected chi connectivity index (χ4v) is 2.88. The van der Waals surface area contributed by atoms with E-state index in [1.165, 1.54) is 16.0 Å². The highest BCUT2D eigenvalue weighted by atomic mass is 16.6. The summed E-state index contributed by atoms with van der Waals surface area (Å²) in [5.74, 6) is -0.0907. The molecule has 2 aromatic rings. The molecular formula is C21H21NO3. The number of carbonyl (C=O) groups is 2. The van der Waals surface area contributed by atoms with Crippen LogP contribution in [0.4, 0.5) is 10.5 Å². The third kappa shape index (κ3) is 3.63. The van der Waals surface area contributed by atoms with Gasteiger partial charge in [-0.3, -0.25) is 9.69 Å². The Morgan fingerprint density at radius 3 is 2.56 bits per heavy atom. The number of cyclic esters (lactones) is 1. The summed E-state index contributed by atoms with van der Waals surface area (Å²) < 4.78 is 4.95. The lowest BCUT2D eigenvalue weighted by Gasteiger charge is -2.13. The Morgan fingerprint density at radius 1 is 1.08 bits per heavy atom. The van der Waals surface area contributed by atoms with Crippen molar-refractivity contribution in [2.45, 2.75) is 20.8 Å². The summed E-state index contributed by atoms with van der Waals surface area (Å²) in [6.45, 7) is 7.07. The molecule has 4 heteroatoms. The number of rotatable bonds is 4. The van der Waals surface area contributed by atoms with E-state index >= 15 is 0 Å². The van der Waals surface area contributed by atoms with E-state index in [2.05, 4.69) is 26.0 Å². The minimum Gasteiger partial charge on any atom is -0.447 e. The third-order valence-corrected chi connectivity index (χ3v) is 4.50. The SMILES string of the molecule is Cc1cc(C)c(C=CC(=O)c2cccc(N3CCOC3=O)c2)cc1C. The number of nitrogens with zero attached hydrogens (tertiary/aromatic N) is 1. The summed E-state index contributed by atoms with van der Waals surface area (Å²) in [5.41, 5.74) is 5.86. The van der Waals surface area contributed by atoms with E-state index in [1.54, 1.807) is 30.3 Å². The number of amides is 1. The summed E-state index contributed by atoms with van der Waals surface area (Å²) in [4.78, 5) is 25.7. The zero-order chi connectivity index (χ0) is 18.0. The van der Waals surface area contributed by atoms with Crippen molar-refractivity contribution in [3.05, 3.63) is 70.3 Å². The Labute approximate surface area is 147 Å². The molecule has 1 heterocycles. The first-order valence-electron chi connectivity index (χ1n) is 8.30. The van der Waals surface area contributed by atoms with Gasteiger partial charge in [0.25, 0.3) is 0 Å². The van der Waals surface area contributed by atoms with E-state index in [9.17, 15) is 9.59 Å². The van der Waals surface area contributed by atoms with Crippen molar-refractivity contribution in [2.75, 3.05) is 18.1 Å². The second-order valence-electron chi connectivity index (χ2n) is 6.31. The highest BCUT2D eigenvalue weighted by Crippen LogP contribution is 2.21. The molecule has 0 unspecified atom stereocenters. The molecule has 0 aromatic heterocycles. The van der Waals surface area contributed by atoms with Crippen LogP contribution in [0.15, 0.2) is 42.5 Å². The number of anilines is 1. The van der Waals surface area contributed by atoms with E-state index in [1.807, 2.05) is 13.0 Å². The molecule has 4 nitrogen and oxygen atoms in total. The number of ketones is 1. The largest absolute Gasteiger partial charge is 0.447 e. The lowest BCUT2D eigenvalue weighted by Crippen LogP contribution is -2.23. The van der Waals surface area contributed by atoms with Gasteiger partial charge in [0.2, 0.25) is 0 Å². The maximum atomic E-state index is 12.5. The monoisotopic (exact) mass is 335 g/mol. The molecule has 0 saturated carbocycles. The van der Waals surface area contributed by atoms with Crippen LogP contribution in [0, 0.1) is 20.8 Å². The molecule has 3 rings (SSSR count). The quantitative estimate of drug-likeness (QED) is 0.612. The number of hydrogen-bond acceptors (Lipinski definition) is 3. The van der Waals surface area contributed by atoms with Gasteiger partial charge in [0.15, 0.2) is 5.78 Å². The van der Waals surface area contributed by atoms with Gasteiger partial charge in [-0.15, -0.1) is 0 Å². The van der Waals surface area contributed by atoms with Gasteiger partial charge >= 0.3 is 6.09 Å². The zero-order valence-corrected chi connectivity index (χ0v) is 14.7. The summed E-state index contributed by atoms with van der Waals surface area (Å²) in [7, 11) is 0. The van der Waals surface area contributed by atoms with Crippen LogP contribution in [0.25, 0.3) is 6.08 Å². The molecule has 2 aromatic carbocycles. The normalized spacial score (nSPS) is 14.2. The van der Waals surface area contributed by atoms with E-state index in [-0.39, 0.29) is 11.9 Å². The molecule has 1 amide bonds. The minimum atomic E-state index is -0.370. The fraction of sp³-hybridized carbons (Fsp3) is 0.238. The molecular weight excluding hydrogens is 314 g/mol. The Balaban J connectivity index is 1.82. The smallest absolute Gasteiger partial charge is 0.414 e. The molecule has 0 spiro atoms. The minimum absolute atomic E-state index is 0.0907. The molecule has 128 valence electrons. The highest BCUT2D eigenvalue weighted by molar-refractivity contribution is 6.07. The molecule has 0 aliphatic carbocycles. The molecule has 25 heavy (non-hydrogen) atoms. The van der Waals surface area contributed by atoms with Crippen molar-refractivity contribution in [2.24, 2.45) is 0 Å². The number of hydrogen-bond donors (Lipinski definition) is 0. The number of benzene rings is 2. The predicted octanol–water partition coefficient (Wildman–Crippen LogP) is 4.46. The second-order valence-corrected chi connectivity index (χ2v) is 6.31. The summed E-state index contributed by atoms with van der Waals surface area (Å²) in [6, 6.07) is 11.3. The molecule has 0 bridgehead atoms. The lowest BCUT2D eigenvalue weighted by atomic mass is 10.00. The first-order valence-corrected chi connectivity index (χ1v) is 8.30. The van der Waals surface area contributed by atoms with Crippen LogP contribution in [-0.4, -0.2) is 25.0 Å². The van der Waals surface area contributed by atoms with Crippen LogP contribution in [0.2, 0.25) is 0 Å². The van der Waals surface area contributed by atoms with Crippen molar-refractivity contribution >= 4 is 23.6 Å². The first kappa shape index (κ1) is 17.0. The maximum absolute atomic E-state index is 12.5. The predicted molar refractivity (Wildman–Crippen MR) is 99.2 cm³/mol. The van der Waals surface area contributed by atoms with Crippen molar-refractivity contribution in [1.29, 1.82) is 0 Å². The molecule has 1 aliphatic rings. The van der Waals surface area contributed by atoms with Gasteiger partial charge in [-0.1, -0.05) is 30.3 Å². The van der Waals surface area contributed by atoms with Crippen molar-refractivity contribution in [3.63, 3.8) is 0 Å². The molecule has 1 saturated heterocycles. The Hall–Kier alpha value is -2.88. The van der Waals surface area contributed by atoms with Gasteiger partial charge in [0.05, 0.1) is 6.54 Å². The maximum Gasteiger partial charge on any atom is 0.414 e. The van der Waals surface area contributed by atoms with Crippen molar-refractivity contribution in [3.8, 4) is 0 Å². The van der Waals surface area contributed by atoms with Crippen LogP contribution < -0.4 is 4.90 Å². The Kier molecular flexibility index (Phi) is 4.70. The number of aryl methyl sites for hydroxylation is 3. The lowest BCUT2D eigenvalue weighted by molar-refractivity contribution is 0.104. The standard InChI is InChI=1S/C21H21NO3/c1-14-11-16(3)17(12-15(14)2)7-8-20(23)18-5-4-6-19(13-18)22-9-10-25-21(22)24/h4-8,11-13H,9-10H2,1-3H3. The third-order valence-electron chi connectivity index (χ3n) is 4.50. The molecule has 0 radical (unpaired) electrons. The van der Waals surface area contributed by atoms with Crippen LogP contribution in [0.3, 0.4) is 0 Å². The van der Waals surface area contributed by atoms with E-state index in [0.29, 0.717) is 24.4 Å². The van der Waals surface area contributed by atoms with Gasteiger partial charge < -0.3 is 4.74 Å². The fourth-order valence-electron chi connectivity index (χ4n) is 2.88. The van der Waals surface area contributed by atoms with Gasteiger partial charge in [-0.05, 0) is 61.2 Å². The Bertz CT molecular complexity index is 867. The number of carbonyl (C=O) groups excluding carboxylic acids is 2. The topological polar surface area (TPSA) is 46.6 Å². The summed E-state index contributed by atoms with van der Waals surface area (Å²) in [5, 5.41) is 0. The second kappa shape index (κ2) is 6.93. The van der Waals surface area contributed by atoms with E-state index in [0.717, 1.165) is 11.1 Å². The molecule has 1 aliphatic heterocycles. The van der Waals surface area contributed by atoms with Gasteiger partial charge in [0, 0.05) is 11.3 Å². The van der Waals surface area contributed by atoms with Crippen LogP contribution >= 0.6 is 0 Å². The summed E-state index contributed by atoms with van der Waals surface area (Å²) >= 11 is 0. The van der Waals surface area contributed by atoms with Gasteiger partial charge in [-0.25, -0.2) is 4.79 Å². The van der Waals surface area contributed by atoms with Gasteiger partial charge in [-0.2, -0.15) is 0 Å². The van der Waals surface area contributed by atoms with Gasteiger partial charge in [0.1, 0.15) is 6.61 Å². The Morgan fingerprint density at radius 2 is 1.84 bits per heavy atom. The van der Waals surface area contributed by atoms with Crippen molar-refractivity contribution < 1.29 is 14.3 Å². The van der Waals surface area contributed by atoms with E-state index in [4.69, 9.17) is 4.74 Å². The van der Waals surface area contributed by atoms with Crippen molar-refractivity contribution in [1.82, 2.24) is 0 Å². The average Bonchev–Trinajstić information content (AvgIpc) is 3.03. The van der Waals surface area contributed by atoms with Crippen LogP contribution in [0.1, 0.15) is 32.6 Å². The molecule has 1 fully saturated rings. The van der Waals surface area contributed by atoms with E-state index < -0.39 is 0 Å². The molecule has 0 atom stereocenters. The number of allylic oxidation sites excluding steroid dienone is 1.